The smallest absolute Gasteiger partial charge is 0.323 e. The van der Waals surface area contributed by atoms with Crippen molar-refractivity contribution in [3.63, 3.8) is 0 Å². The van der Waals surface area contributed by atoms with Crippen molar-refractivity contribution in [2.45, 2.75) is 20.0 Å². The van der Waals surface area contributed by atoms with Gasteiger partial charge in [0, 0.05) is 5.69 Å². The summed E-state index contributed by atoms with van der Waals surface area (Å²) in [6.07, 6.45) is -0.529. The Bertz CT molecular complexity index is 639. The van der Waals surface area contributed by atoms with Crippen LogP contribution in [0, 0.1) is 6.92 Å². The van der Waals surface area contributed by atoms with Crippen molar-refractivity contribution < 1.29 is 9.90 Å². The van der Waals surface area contributed by atoms with Gasteiger partial charge in [0.15, 0.2) is 0 Å². The molecule has 0 aliphatic carbocycles. The molecule has 0 spiro atoms. The van der Waals surface area contributed by atoms with Crippen molar-refractivity contribution >= 4 is 29.0 Å². The van der Waals surface area contributed by atoms with Crippen LogP contribution < -0.4 is 10.6 Å². The number of halogens is 1. The van der Waals surface area contributed by atoms with Gasteiger partial charge in [-0.05, 0) is 49.2 Å². The molecule has 1 atom stereocenters. The van der Waals surface area contributed by atoms with E-state index in [-0.39, 0.29) is 6.03 Å². The van der Waals surface area contributed by atoms with Gasteiger partial charge >= 0.3 is 6.03 Å². The molecule has 110 valence electrons. The lowest BCUT2D eigenvalue weighted by atomic mass is 10.1. The third-order valence-electron chi connectivity index (χ3n) is 3.02. The van der Waals surface area contributed by atoms with E-state index >= 15 is 0 Å². The average Bonchev–Trinajstić information content (AvgIpc) is 2.43. The van der Waals surface area contributed by atoms with E-state index < -0.39 is 6.10 Å². The average molecular weight is 305 g/mol. The van der Waals surface area contributed by atoms with Gasteiger partial charge in [-0.15, -0.1) is 0 Å². The van der Waals surface area contributed by atoms with Gasteiger partial charge in [-0.25, -0.2) is 4.79 Å². The van der Waals surface area contributed by atoms with Crippen LogP contribution >= 0.6 is 11.6 Å². The van der Waals surface area contributed by atoms with E-state index in [4.69, 9.17) is 11.6 Å². The highest BCUT2D eigenvalue weighted by Gasteiger charge is 2.07. The predicted molar refractivity (Wildman–Crippen MR) is 85.9 cm³/mol. The summed E-state index contributed by atoms with van der Waals surface area (Å²) in [6, 6.07) is 12.0. The Kier molecular flexibility index (Phi) is 4.83. The molecule has 0 bridgehead atoms. The SMILES string of the molecule is Cc1ccc(Cl)c(NC(=O)Nc2ccc(C(C)O)cc2)c1. The molecule has 0 fully saturated rings. The van der Waals surface area contributed by atoms with E-state index in [9.17, 15) is 9.90 Å². The van der Waals surface area contributed by atoms with E-state index in [1.807, 2.05) is 13.0 Å². The number of aryl methyl sites for hydroxylation is 1. The van der Waals surface area contributed by atoms with Crippen LogP contribution in [0.5, 0.6) is 0 Å². The molecular weight excluding hydrogens is 288 g/mol. The maximum absolute atomic E-state index is 11.9. The Morgan fingerprint density at radius 3 is 2.43 bits per heavy atom. The van der Waals surface area contributed by atoms with Crippen molar-refractivity contribution in [2.75, 3.05) is 10.6 Å². The Morgan fingerprint density at radius 2 is 1.81 bits per heavy atom. The number of hydrogen-bond donors (Lipinski definition) is 3. The summed E-state index contributed by atoms with van der Waals surface area (Å²) in [4.78, 5) is 11.9. The summed E-state index contributed by atoms with van der Waals surface area (Å²) in [5.74, 6) is 0. The first kappa shape index (κ1) is 15.4. The standard InChI is InChI=1S/C16H17ClN2O2/c1-10-3-8-14(17)15(9-10)19-16(21)18-13-6-4-12(5-7-13)11(2)20/h3-9,11,20H,1-2H3,(H2,18,19,21). The lowest BCUT2D eigenvalue weighted by molar-refractivity contribution is 0.199. The molecule has 0 aromatic heterocycles. The lowest BCUT2D eigenvalue weighted by Gasteiger charge is -2.11. The topological polar surface area (TPSA) is 61.4 Å². The zero-order valence-corrected chi connectivity index (χ0v) is 12.6. The first-order valence-electron chi connectivity index (χ1n) is 6.58. The molecule has 5 heteroatoms. The number of hydrogen-bond acceptors (Lipinski definition) is 2. The first-order valence-corrected chi connectivity index (χ1v) is 6.95. The molecule has 2 aromatic carbocycles. The maximum atomic E-state index is 11.9. The third kappa shape index (κ3) is 4.21. The van der Waals surface area contributed by atoms with E-state index in [0.29, 0.717) is 16.4 Å². The molecule has 0 aliphatic heterocycles. The number of urea groups is 1. The Balaban J connectivity index is 2.03. The van der Waals surface area contributed by atoms with E-state index in [0.717, 1.165) is 11.1 Å². The summed E-state index contributed by atoms with van der Waals surface area (Å²) < 4.78 is 0. The number of carbonyl (C=O) groups excluding carboxylic acids is 1. The first-order chi connectivity index (χ1) is 9.95. The molecule has 21 heavy (non-hydrogen) atoms. The maximum Gasteiger partial charge on any atom is 0.323 e. The molecule has 0 radical (unpaired) electrons. The minimum atomic E-state index is -0.529. The highest BCUT2D eigenvalue weighted by molar-refractivity contribution is 6.33. The van der Waals surface area contributed by atoms with E-state index in [1.165, 1.54) is 0 Å². The van der Waals surface area contributed by atoms with Gasteiger partial charge in [-0.3, -0.25) is 0 Å². The van der Waals surface area contributed by atoms with Gasteiger partial charge in [0.25, 0.3) is 0 Å². The van der Waals surface area contributed by atoms with Gasteiger partial charge in [0.2, 0.25) is 0 Å². The number of rotatable bonds is 3. The quantitative estimate of drug-likeness (QED) is 0.789. The Hall–Kier alpha value is -2.04. The van der Waals surface area contributed by atoms with Gasteiger partial charge < -0.3 is 15.7 Å². The third-order valence-corrected chi connectivity index (χ3v) is 3.35. The highest BCUT2D eigenvalue weighted by atomic mass is 35.5. The monoisotopic (exact) mass is 304 g/mol. The summed E-state index contributed by atoms with van der Waals surface area (Å²) >= 11 is 6.03. The van der Waals surface area contributed by atoms with Crippen molar-refractivity contribution in [1.29, 1.82) is 0 Å². The highest BCUT2D eigenvalue weighted by Crippen LogP contribution is 2.23. The largest absolute Gasteiger partial charge is 0.389 e. The van der Waals surface area contributed by atoms with Crippen LogP contribution in [0.2, 0.25) is 5.02 Å². The van der Waals surface area contributed by atoms with E-state index in [1.54, 1.807) is 43.3 Å². The van der Waals surface area contributed by atoms with Crippen molar-refractivity contribution in [3.05, 3.63) is 58.6 Å². The van der Waals surface area contributed by atoms with Crippen molar-refractivity contribution in [3.8, 4) is 0 Å². The second-order valence-electron chi connectivity index (χ2n) is 4.86. The second-order valence-corrected chi connectivity index (χ2v) is 5.27. The Labute approximate surface area is 128 Å². The normalized spacial score (nSPS) is 11.8. The van der Waals surface area contributed by atoms with Crippen molar-refractivity contribution in [1.82, 2.24) is 0 Å². The zero-order chi connectivity index (χ0) is 15.4. The molecule has 1 unspecified atom stereocenters. The summed E-state index contributed by atoms with van der Waals surface area (Å²) in [5.41, 5.74) is 3.01. The van der Waals surface area contributed by atoms with E-state index in [2.05, 4.69) is 10.6 Å². The van der Waals surface area contributed by atoms with Gasteiger partial charge in [0.05, 0.1) is 16.8 Å². The second kappa shape index (κ2) is 6.61. The fraction of sp³-hybridized carbons (Fsp3) is 0.188. The number of benzene rings is 2. The Morgan fingerprint density at radius 1 is 1.14 bits per heavy atom. The van der Waals surface area contributed by atoms with Crippen LogP contribution in [-0.4, -0.2) is 11.1 Å². The van der Waals surface area contributed by atoms with Crippen LogP contribution in [0.3, 0.4) is 0 Å². The fourth-order valence-electron chi connectivity index (χ4n) is 1.86. The minimum Gasteiger partial charge on any atom is -0.389 e. The van der Waals surface area contributed by atoms with Gasteiger partial charge in [-0.2, -0.15) is 0 Å². The van der Waals surface area contributed by atoms with Crippen LogP contribution in [0.1, 0.15) is 24.2 Å². The number of carbonyl (C=O) groups is 1. The molecule has 2 aromatic rings. The molecule has 0 aliphatic rings. The number of amides is 2. The number of nitrogens with one attached hydrogen (secondary N) is 2. The number of anilines is 2. The van der Waals surface area contributed by atoms with Crippen LogP contribution in [0.4, 0.5) is 16.2 Å². The lowest BCUT2D eigenvalue weighted by Crippen LogP contribution is -2.19. The summed E-state index contributed by atoms with van der Waals surface area (Å²) in [5, 5.41) is 15.3. The molecule has 0 saturated heterocycles. The summed E-state index contributed by atoms with van der Waals surface area (Å²) in [7, 11) is 0. The number of aliphatic hydroxyl groups excluding tert-OH is 1. The molecule has 0 saturated carbocycles. The molecule has 4 nitrogen and oxygen atoms in total. The molecule has 2 rings (SSSR count). The predicted octanol–water partition coefficient (Wildman–Crippen LogP) is 4.35. The van der Waals surface area contributed by atoms with Gasteiger partial charge in [0.1, 0.15) is 0 Å². The molecule has 0 heterocycles. The van der Waals surface area contributed by atoms with Crippen LogP contribution in [0.15, 0.2) is 42.5 Å². The van der Waals surface area contributed by atoms with Gasteiger partial charge in [-0.1, -0.05) is 29.8 Å². The number of aliphatic hydroxyl groups is 1. The van der Waals surface area contributed by atoms with Crippen LogP contribution in [0.25, 0.3) is 0 Å². The van der Waals surface area contributed by atoms with Crippen LogP contribution in [-0.2, 0) is 0 Å². The summed E-state index contributed by atoms with van der Waals surface area (Å²) in [6.45, 7) is 3.61. The molecule has 2 amide bonds. The zero-order valence-electron chi connectivity index (χ0n) is 11.9. The molecular formula is C16H17ClN2O2. The minimum absolute atomic E-state index is 0.368. The fourth-order valence-corrected chi connectivity index (χ4v) is 2.03. The molecule has 3 N–H and O–H groups in total. The van der Waals surface area contributed by atoms with Crippen molar-refractivity contribution in [2.24, 2.45) is 0 Å².